The van der Waals surface area contributed by atoms with Gasteiger partial charge in [-0.15, -0.1) is 12.4 Å². The van der Waals surface area contributed by atoms with Crippen molar-refractivity contribution in [2.45, 2.75) is 56.9 Å². The van der Waals surface area contributed by atoms with E-state index in [0.717, 1.165) is 18.9 Å². The quantitative estimate of drug-likeness (QED) is 0.169. The number of methoxy groups -OCH3 is 1. The molecule has 4 rings (SSSR count). The highest BCUT2D eigenvalue weighted by Crippen LogP contribution is 2.44. The number of nitrogens with two attached hydrogens (primary N) is 1. The van der Waals surface area contributed by atoms with Gasteiger partial charge in [-0.2, -0.15) is 0 Å². The standard InChI is InChI=1S/C28H33F2N5O8.ClH/c1-43-26-23-16(25(39)17(28(41)42)13-35(23)15-4-5-15)10-18(29)24(26)34-8-2-3-14(12-34)9-20(30)33-21(36)11-32-27(40)19(31)6-7-22(37)38;/h9-10,13,15,19-20H,2-8,11-12,31H2,1H3,(H,32,40)(H,33,36)(H,37,38)(H,41,42);1H/t19-,20?;/m0./s1. The number of pyridine rings is 1. The lowest BCUT2D eigenvalue weighted by Gasteiger charge is -2.33. The average Bonchev–Trinajstić information content (AvgIpc) is 3.79. The van der Waals surface area contributed by atoms with Crippen molar-refractivity contribution in [3.05, 3.63) is 45.5 Å². The maximum absolute atomic E-state index is 15.6. The fraction of sp³-hybridized carbons (Fsp3) is 0.464. The van der Waals surface area contributed by atoms with E-state index in [1.54, 1.807) is 9.47 Å². The highest BCUT2D eigenvalue weighted by atomic mass is 35.5. The number of carbonyl (C=O) groups excluding carboxylic acids is 2. The van der Waals surface area contributed by atoms with Crippen LogP contribution in [-0.4, -0.2) is 77.6 Å². The average molecular weight is 642 g/mol. The van der Waals surface area contributed by atoms with Crippen LogP contribution >= 0.6 is 12.4 Å². The van der Waals surface area contributed by atoms with Gasteiger partial charge in [-0.25, -0.2) is 13.6 Å². The summed E-state index contributed by atoms with van der Waals surface area (Å²) in [5.74, 6) is -4.84. The van der Waals surface area contributed by atoms with Gasteiger partial charge >= 0.3 is 11.9 Å². The van der Waals surface area contributed by atoms with E-state index < -0.39 is 59.4 Å². The van der Waals surface area contributed by atoms with Crippen LogP contribution in [0.5, 0.6) is 5.75 Å². The number of benzene rings is 1. The molecule has 1 saturated carbocycles. The number of piperidine rings is 1. The van der Waals surface area contributed by atoms with Crippen LogP contribution in [0, 0.1) is 5.82 Å². The number of rotatable bonds is 12. The van der Waals surface area contributed by atoms with Gasteiger partial charge in [-0.3, -0.25) is 19.2 Å². The maximum Gasteiger partial charge on any atom is 0.341 e. The normalized spacial score (nSPS) is 17.0. The molecule has 44 heavy (non-hydrogen) atoms. The van der Waals surface area contributed by atoms with Gasteiger partial charge < -0.3 is 40.8 Å². The fourth-order valence-electron chi connectivity index (χ4n) is 5.11. The second kappa shape index (κ2) is 14.5. The molecule has 16 heteroatoms. The largest absolute Gasteiger partial charge is 0.492 e. The molecule has 1 aromatic carbocycles. The molecule has 1 saturated heterocycles. The van der Waals surface area contributed by atoms with Crippen molar-refractivity contribution in [1.82, 2.24) is 15.2 Å². The van der Waals surface area contributed by atoms with Crippen molar-refractivity contribution >= 4 is 52.8 Å². The molecule has 0 bridgehead atoms. The number of carbonyl (C=O) groups is 4. The number of fused-ring (bicyclic) bond motifs is 1. The summed E-state index contributed by atoms with van der Waals surface area (Å²) in [5.41, 5.74) is 5.19. The summed E-state index contributed by atoms with van der Waals surface area (Å²) in [4.78, 5) is 60.9. The molecule has 1 aromatic heterocycles. The molecule has 1 aliphatic carbocycles. The van der Waals surface area contributed by atoms with Crippen molar-refractivity contribution in [1.29, 1.82) is 0 Å². The summed E-state index contributed by atoms with van der Waals surface area (Å²) < 4.78 is 37.7. The molecule has 2 amide bonds. The summed E-state index contributed by atoms with van der Waals surface area (Å²) in [7, 11) is 1.33. The third kappa shape index (κ3) is 7.82. The first-order valence-corrected chi connectivity index (χ1v) is 13.7. The number of aromatic nitrogens is 1. The number of carboxylic acids is 2. The van der Waals surface area contributed by atoms with Crippen LogP contribution in [-0.2, 0) is 14.4 Å². The van der Waals surface area contributed by atoms with Crippen molar-refractivity contribution in [3.8, 4) is 5.75 Å². The first kappa shape index (κ1) is 34.3. The minimum absolute atomic E-state index is 0. The van der Waals surface area contributed by atoms with Crippen LogP contribution in [0.2, 0.25) is 0 Å². The zero-order valence-corrected chi connectivity index (χ0v) is 24.6. The Morgan fingerprint density at radius 2 is 1.95 bits per heavy atom. The van der Waals surface area contributed by atoms with Crippen LogP contribution in [0.1, 0.15) is 54.9 Å². The molecule has 1 unspecified atom stereocenters. The van der Waals surface area contributed by atoms with Gasteiger partial charge in [0.25, 0.3) is 0 Å². The molecule has 2 aliphatic rings. The zero-order valence-electron chi connectivity index (χ0n) is 23.8. The third-order valence-electron chi connectivity index (χ3n) is 7.32. The van der Waals surface area contributed by atoms with Gasteiger partial charge in [0.2, 0.25) is 17.2 Å². The van der Waals surface area contributed by atoms with Crippen LogP contribution in [0.4, 0.5) is 14.5 Å². The van der Waals surface area contributed by atoms with E-state index in [-0.39, 0.29) is 60.2 Å². The first-order chi connectivity index (χ1) is 20.4. The van der Waals surface area contributed by atoms with Gasteiger partial charge in [0, 0.05) is 31.7 Å². The van der Waals surface area contributed by atoms with Crippen molar-refractivity contribution < 1.29 is 42.9 Å². The van der Waals surface area contributed by atoms with Gasteiger partial charge in [0.15, 0.2) is 17.9 Å². The summed E-state index contributed by atoms with van der Waals surface area (Å²) >= 11 is 0. The second-order valence-electron chi connectivity index (χ2n) is 10.5. The zero-order chi connectivity index (χ0) is 31.4. The molecule has 1 aliphatic heterocycles. The van der Waals surface area contributed by atoms with E-state index in [4.69, 9.17) is 15.6 Å². The molecule has 240 valence electrons. The van der Waals surface area contributed by atoms with Crippen molar-refractivity contribution in [3.63, 3.8) is 0 Å². The topological polar surface area (TPSA) is 193 Å². The monoisotopic (exact) mass is 641 g/mol. The predicted octanol–water partition coefficient (Wildman–Crippen LogP) is 1.85. The first-order valence-electron chi connectivity index (χ1n) is 13.7. The van der Waals surface area contributed by atoms with E-state index in [1.807, 2.05) is 0 Å². The number of anilines is 1. The molecule has 0 spiro atoms. The summed E-state index contributed by atoms with van der Waals surface area (Å²) in [6, 6.07) is -0.184. The number of aliphatic carboxylic acids is 1. The Bertz CT molecular complexity index is 1540. The van der Waals surface area contributed by atoms with Gasteiger partial charge in [-0.1, -0.05) is 5.57 Å². The van der Waals surface area contributed by atoms with E-state index >= 15 is 4.39 Å². The number of nitrogens with zero attached hydrogens (tertiary/aromatic N) is 2. The number of amides is 2. The Hall–Kier alpha value is -4.24. The lowest BCUT2D eigenvalue weighted by molar-refractivity contribution is -0.137. The number of nitrogens with one attached hydrogen (secondary N) is 2. The van der Waals surface area contributed by atoms with Crippen LogP contribution in [0.3, 0.4) is 0 Å². The molecular weight excluding hydrogens is 608 g/mol. The smallest absolute Gasteiger partial charge is 0.341 e. The van der Waals surface area contributed by atoms with Crippen LogP contribution in [0.25, 0.3) is 10.9 Å². The van der Waals surface area contributed by atoms with Gasteiger partial charge in [0.05, 0.1) is 30.6 Å². The Morgan fingerprint density at radius 1 is 1.25 bits per heavy atom. The Labute approximate surface area is 256 Å². The molecule has 13 nitrogen and oxygen atoms in total. The van der Waals surface area contributed by atoms with Crippen LogP contribution in [0.15, 0.2) is 28.7 Å². The number of hydrogen-bond donors (Lipinski definition) is 5. The van der Waals surface area contributed by atoms with E-state index in [9.17, 15) is 33.5 Å². The minimum Gasteiger partial charge on any atom is -0.492 e. The highest BCUT2D eigenvalue weighted by Gasteiger charge is 2.32. The summed E-state index contributed by atoms with van der Waals surface area (Å²) in [6.45, 7) is -0.0965. The number of hydrogen-bond acceptors (Lipinski definition) is 8. The molecule has 0 radical (unpaired) electrons. The Morgan fingerprint density at radius 3 is 2.57 bits per heavy atom. The summed E-state index contributed by atoms with van der Waals surface area (Å²) in [6.07, 6.45) is 2.59. The van der Waals surface area contributed by atoms with E-state index in [2.05, 4.69) is 10.6 Å². The predicted molar refractivity (Wildman–Crippen MR) is 158 cm³/mol. The Balaban J connectivity index is 0.00000529. The van der Waals surface area contributed by atoms with Crippen molar-refractivity contribution in [2.24, 2.45) is 5.73 Å². The van der Waals surface area contributed by atoms with E-state index in [1.165, 1.54) is 19.4 Å². The number of aromatic carboxylic acids is 1. The number of alkyl halides is 1. The van der Waals surface area contributed by atoms with Gasteiger partial charge in [0.1, 0.15) is 11.3 Å². The Kier molecular flexibility index (Phi) is 11.3. The number of carboxylic acid groups (broad SMARTS) is 2. The molecule has 6 N–H and O–H groups in total. The lowest BCUT2D eigenvalue weighted by Crippen LogP contribution is -2.46. The molecular formula is C28H34ClF2N5O8. The third-order valence-corrected chi connectivity index (χ3v) is 7.32. The minimum atomic E-state index is -1.92. The lowest BCUT2D eigenvalue weighted by atomic mass is 10.0. The van der Waals surface area contributed by atoms with Gasteiger partial charge in [-0.05, 0) is 44.2 Å². The molecule has 2 heterocycles. The van der Waals surface area contributed by atoms with Crippen LogP contribution < -0.4 is 31.4 Å². The van der Waals surface area contributed by atoms with E-state index in [0.29, 0.717) is 25.0 Å². The number of halogens is 3. The molecule has 2 aromatic rings. The maximum atomic E-state index is 15.6. The molecule has 2 atom stereocenters. The molecule has 2 fully saturated rings. The highest BCUT2D eigenvalue weighted by molar-refractivity contribution is 5.97. The number of ether oxygens (including phenoxy) is 1. The fourth-order valence-corrected chi connectivity index (χ4v) is 5.11. The SMILES string of the molecule is COc1c(N2CCCC(=CC(F)NC(=O)CNC(=O)[C@@H](N)CCC(=O)O)C2)c(F)cc2c(=O)c(C(=O)O)cn(C3CC3)c12.Cl. The summed E-state index contributed by atoms with van der Waals surface area (Å²) in [5, 5.41) is 22.4. The second-order valence-corrected chi connectivity index (χ2v) is 10.5. The van der Waals surface area contributed by atoms with Crippen molar-refractivity contribution in [2.75, 3.05) is 31.6 Å².